The van der Waals surface area contributed by atoms with Crippen LogP contribution in [0, 0.1) is 12.8 Å². The minimum atomic E-state index is -0.172. The largest absolute Gasteiger partial charge is 0.508 e. The highest BCUT2D eigenvalue weighted by atomic mass is 16.3. The summed E-state index contributed by atoms with van der Waals surface area (Å²) in [5, 5.41) is 15.1. The number of rotatable bonds is 4. The van der Waals surface area contributed by atoms with Crippen LogP contribution in [0.5, 0.6) is 5.75 Å². The standard InChI is InChI=1S/C16H24N2O2/c1-12-11-14(19)7-8-15(12)18-16(20)17-10-9-13-5-3-2-4-6-13/h7-8,11,13,19H,2-6,9-10H2,1H3,(H2,17,18,20). The third-order valence-corrected chi connectivity index (χ3v) is 4.02. The zero-order chi connectivity index (χ0) is 14.4. The summed E-state index contributed by atoms with van der Waals surface area (Å²) in [5.74, 6) is 0.991. The van der Waals surface area contributed by atoms with E-state index in [1.165, 1.54) is 32.1 Å². The van der Waals surface area contributed by atoms with Gasteiger partial charge in [0.2, 0.25) is 0 Å². The molecule has 0 aliphatic heterocycles. The van der Waals surface area contributed by atoms with Crippen molar-refractivity contribution in [3.8, 4) is 5.75 Å². The van der Waals surface area contributed by atoms with E-state index in [-0.39, 0.29) is 11.8 Å². The average molecular weight is 276 g/mol. The summed E-state index contributed by atoms with van der Waals surface area (Å²) < 4.78 is 0. The monoisotopic (exact) mass is 276 g/mol. The molecule has 1 fully saturated rings. The van der Waals surface area contributed by atoms with Gasteiger partial charge in [0.25, 0.3) is 0 Å². The molecule has 0 radical (unpaired) electrons. The van der Waals surface area contributed by atoms with Crippen molar-refractivity contribution in [1.82, 2.24) is 5.32 Å². The van der Waals surface area contributed by atoms with Gasteiger partial charge < -0.3 is 15.7 Å². The molecule has 20 heavy (non-hydrogen) atoms. The molecular formula is C16H24N2O2. The number of carbonyl (C=O) groups excluding carboxylic acids is 1. The maximum atomic E-state index is 11.8. The first-order valence-corrected chi connectivity index (χ1v) is 7.49. The van der Waals surface area contributed by atoms with E-state index < -0.39 is 0 Å². The fraction of sp³-hybridized carbons (Fsp3) is 0.562. The number of urea groups is 1. The van der Waals surface area contributed by atoms with Crippen LogP contribution in [0.25, 0.3) is 0 Å². The van der Waals surface area contributed by atoms with Crippen LogP contribution in [0.1, 0.15) is 44.1 Å². The highest BCUT2D eigenvalue weighted by Gasteiger charge is 2.13. The Morgan fingerprint density at radius 3 is 2.75 bits per heavy atom. The van der Waals surface area contributed by atoms with Gasteiger partial charge in [0.05, 0.1) is 0 Å². The molecule has 0 unspecified atom stereocenters. The van der Waals surface area contributed by atoms with Crippen molar-refractivity contribution in [3.05, 3.63) is 23.8 Å². The van der Waals surface area contributed by atoms with Crippen molar-refractivity contribution in [1.29, 1.82) is 0 Å². The SMILES string of the molecule is Cc1cc(O)ccc1NC(=O)NCCC1CCCCC1. The molecule has 4 nitrogen and oxygen atoms in total. The van der Waals surface area contributed by atoms with Crippen molar-refractivity contribution < 1.29 is 9.90 Å². The Labute approximate surface area is 120 Å². The summed E-state index contributed by atoms with van der Waals surface area (Å²) >= 11 is 0. The summed E-state index contributed by atoms with van der Waals surface area (Å²) in [5.41, 5.74) is 1.59. The second-order valence-corrected chi connectivity index (χ2v) is 5.67. The molecule has 2 rings (SSSR count). The number of anilines is 1. The van der Waals surface area contributed by atoms with Crippen LogP contribution in [-0.4, -0.2) is 17.7 Å². The van der Waals surface area contributed by atoms with Gasteiger partial charge in [-0.15, -0.1) is 0 Å². The molecule has 4 heteroatoms. The van der Waals surface area contributed by atoms with Gasteiger partial charge in [0.15, 0.2) is 0 Å². The first-order valence-electron chi connectivity index (χ1n) is 7.49. The highest BCUT2D eigenvalue weighted by Crippen LogP contribution is 2.25. The van der Waals surface area contributed by atoms with Crippen molar-refractivity contribution in [2.24, 2.45) is 5.92 Å². The van der Waals surface area contributed by atoms with Gasteiger partial charge in [-0.05, 0) is 43.0 Å². The van der Waals surface area contributed by atoms with Gasteiger partial charge >= 0.3 is 6.03 Å². The topological polar surface area (TPSA) is 61.4 Å². The van der Waals surface area contributed by atoms with Crippen LogP contribution in [0.3, 0.4) is 0 Å². The predicted molar refractivity (Wildman–Crippen MR) is 81.1 cm³/mol. The number of aromatic hydroxyl groups is 1. The number of nitrogens with one attached hydrogen (secondary N) is 2. The van der Waals surface area contributed by atoms with E-state index in [4.69, 9.17) is 0 Å². The molecule has 1 aromatic rings. The van der Waals surface area contributed by atoms with Crippen LogP contribution in [-0.2, 0) is 0 Å². The van der Waals surface area contributed by atoms with E-state index in [9.17, 15) is 9.90 Å². The maximum Gasteiger partial charge on any atom is 0.319 e. The molecule has 2 amide bonds. The lowest BCUT2D eigenvalue weighted by Gasteiger charge is -2.21. The second-order valence-electron chi connectivity index (χ2n) is 5.67. The van der Waals surface area contributed by atoms with E-state index in [1.807, 2.05) is 6.92 Å². The van der Waals surface area contributed by atoms with Gasteiger partial charge in [-0.2, -0.15) is 0 Å². The lowest BCUT2D eigenvalue weighted by Crippen LogP contribution is -2.31. The Kier molecular flexibility index (Phi) is 5.27. The van der Waals surface area contributed by atoms with Gasteiger partial charge in [0.1, 0.15) is 5.75 Å². The van der Waals surface area contributed by atoms with Gasteiger partial charge in [-0.25, -0.2) is 4.79 Å². The van der Waals surface area contributed by atoms with E-state index in [0.29, 0.717) is 0 Å². The Morgan fingerprint density at radius 1 is 1.30 bits per heavy atom. The van der Waals surface area contributed by atoms with E-state index in [2.05, 4.69) is 10.6 Å². The molecule has 0 saturated heterocycles. The summed E-state index contributed by atoms with van der Waals surface area (Å²) in [4.78, 5) is 11.8. The minimum Gasteiger partial charge on any atom is -0.508 e. The predicted octanol–water partition coefficient (Wildman–Crippen LogP) is 3.79. The first kappa shape index (κ1) is 14.7. The van der Waals surface area contributed by atoms with E-state index in [1.54, 1.807) is 18.2 Å². The molecule has 1 aliphatic carbocycles. The number of amides is 2. The van der Waals surface area contributed by atoms with Crippen molar-refractivity contribution in [3.63, 3.8) is 0 Å². The third kappa shape index (κ3) is 4.44. The first-order chi connectivity index (χ1) is 9.65. The number of aryl methyl sites for hydroxylation is 1. The number of phenols is 1. The second kappa shape index (κ2) is 7.17. The van der Waals surface area contributed by atoms with E-state index in [0.717, 1.165) is 30.1 Å². The summed E-state index contributed by atoms with van der Waals surface area (Å²) in [6, 6.07) is 4.75. The average Bonchev–Trinajstić information content (AvgIpc) is 2.43. The molecule has 3 N–H and O–H groups in total. The Bertz CT molecular complexity index is 454. The Balaban J connectivity index is 1.72. The van der Waals surface area contributed by atoms with Crippen LogP contribution in [0.2, 0.25) is 0 Å². The van der Waals surface area contributed by atoms with Crippen molar-refractivity contribution in [2.45, 2.75) is 45.4 Å². The fourth-order valence-corrected chi connectivity index (χ4v) is 2.82. The molecule has 1 saturated carbocycles. The van der Waals surface area contributed by atoms with Gasteiger partial charge in [0, 0.05) is 12.2 Å². The van der Waals surface area contributed by atoms with Gasteiger partial charge in [-0.3, -0.25) is 0 Å². The van der Waals surface area contributed by atoms with Crippen LogP contribution >= 0.6 is 0 Å². The van der Waals surface area contributed by atoms with Crippen LogP contribution in [0.15, 0.2) is 18.2 Å². The molecule has 0 bridgehead atoms. The lowest BCUT2D eigenvalue weighted by molar-refractivity contribution is 0.250. The maximum absolute atomic E-state index is 11.8. The number of phenolic OH excluding ortho intramolecular Hbond substituents is 1. The summed E-state index contributed by atoms with van der Waals surface area (Å²) in [6.07, 6.45) is 7.72. The molecule has 0 atom stereocenters. The molecule has 0 aromatic heterocycles. The third-order valence-electron chi connectivity index (χ3n) is 4.02. The van der Waals surface area contributed by atoms with Crippen molar-refractivity contribution >= 4 is 11.7 Å². The summed E-state index contributed by atoms with van der Waals surface area (Å²) in [7, 11) is 0. The molecule has 0 spiro atoms. The number of hydrogen-bond acceptors (Lipinski definition) is 2. The lowest BCUT2D eigenvalue weighted by atomic mass is 9.87. The molecule has 1 aliphatic rings. The normalized spacial score (nSPS) is 15.8. The van der Waals surface area contributed by atoms with Crippen LogP contribution < -0.4 is 10.6 Å². The highest BCUT2D eigenvalue weighted by molar-refractivity contribution is 5.90. The molecular weight excluding hydrogens is 252 g/mol. The zero-order valence-corrected chi connectivity index (χ0v) is 12.1. The number of benzene rings is 1. The smallest absolute Gasteiger partial charge is 0.319 e. The van der Waals surface area contributed by atoms with Crippen LogP contribution in [0.4, 0.5) is 10.5 Å². The fourth-order valence-electron chi connectivity index (χ4n) is 2.82. The Hall–Kier alpha value is -1.71. The minimum absolute atomic E-state index is 0.172. The molecule has 1 aromatic carbocycles. The zero-order valence-electron chi connectivity index (χ0n) is 12.1. The van der Waals surface area contributed by atoms with Gasteiger partial charge in [-0.1, -0.05) is 32.1 Å². The summed E-state index contributed by atoms with van der Waals surface area (Å²) in [6.45, 7) is 2.59. The number of hydrogen-bond donors (Lipinski definition) is 3. The number of carbonyl (C=O) groups is 1. The Morgan fingerprint density at radius 2 is 2.05 bits per heavy atom. The van der Waals surface area contributed by atoms with E-state index >= 15 is 0 Å². The molecule has 110 valence electrons. The molecule has 0 heterocycles. The van der Waals surface area contributed by atoms with Crippen molar-refractivity contribution in [2.75, 3.05) is 11.9 Å². The quantitative estimate of drug-likeness (QED) is 0.733.